The Morgan fingerprint density at radius 1 is 0.633 bits per heavy atom. The summed E-state index contributed by atoms with van der Waals surface area (Å²) in [5, 5.41) is 21.5. The molecule has 49 heavy (non-hydrogen) atoms. The highest BCUT2D eigenvalue weighted by Gasteiger charge is 2.32. The summed E-state index contributed by atoms with van der Waals surface area (Å²) >= 11 is 0. The van der Waals surface area contributed by atoms with Gasteiger partial charge in [0, 0.05) is 61.3 Å². The molecule has 3 aromatic carbocycles. The van der Waals surface area contributed by atoms with Crippen molar-refractivity contribution in [1.82, 2.24) is 20.6 Å². The number of hydrogen-bond acceptors (Lipinski definition) is 3. The Hall–Kier alpha value is -5.52. The van der Waals surface area contributed by atoms with Crippen LogP contribution in [0.3, 0.4) is 0 Å². The minimum atomic E-state index is -0.837. The van der Waals surface area contributed by atoms with Gasteiger partial charge in [-0.3, -0.25) is 0 Å². The summed E-state index contributed by atoms with van der Waals surface area (Å²) in [6, 6.07) is 32.2. The first kappa shape index (κ1) is 30.8. The fourth-order valence-electron chi connectivity index (χ4n) is 7.71. The molecule has 5 aromatic rings. The summed E-state index contributed by atoms with van der Waals surface area (Å²) in [6.07, 6.45) is 5.66. The number of benzene rings is 3. The Bertz CT molecular complexity index is 2370. The zero-order valence-electron chi connectivity index (χ0n) is 28.9. The van der Waals surface area contributed by atoms with Crippen LogP contribution in [0.5, 0.6) is 0 Å². The van der Waals surface area contributed by atoms with Crippen molar-refractivity contribution in [3.63, 3.8) is 0 Å². The van der Waals surface area contributed by atoms with Crippen molar-refractivity contribution in [1.29, 1.82) is 0 Å². The predicted octanol–water partition coefficient (Wildman–Crippen LogP) is 7.15. The number of aliphatic hydroxyl groups excluding tert-OH is 1. The fraction of sp³-hybridized carbons (Fsp3) is 0.182. The largest absolute Gasteiger partial charge is 0.383 e. The van der Waals surface area contributed by atoms with E-state index in [0.29, 0.717) is 0 Å². The van der Waals surface area contributed by atoms with Crippen LogP contribution in [0.25, 0.3) is 22.8 Å². The average molecular weight is 643 g/mol. The van der Waals surface area contributed by atoms with Crippen molar-refractivity contribution in [2.75, 3.05) is 0 Å². The molecule has 8 rings (SSSR count). The number of rotatable bonds is 3. The number of hydrogen-bond donors (Lipinski definition) is 5. The number of aryl methyl sites for hydroxylation is 4. The number of aliphatic hydroxyl groups is 1. The SMILES string of the molecule is Cc1ccc(C2=C3NC(=CC3O)C(c3c(C)cc(C)cc3C)=c3ccc([nH]3)=C(c3ccccc3)C3=CC(C)(C)C(=Cc4ccc2[nH]4)N3)cc1. The topological polar surface area (TPSA) is 75.9 Å². The van der Waals surface area contributed by atoms with Gasteiger partial charge in [0.25, 0.3) is 0 Å². The second-order valence-corrected chi connectivity index (χ2v) is 14.3. The van der Waals surface area contributed by atoms with E-state index in [0.717, 1.165) is 78.3 Å². The van der Waals surface area contributed by atoms with E-state index in [9.17, 15) is 5.11 Å². The van der Waals surface area contributed by atoms with Gasteiger partial charge in [-0.2, -0.15) is 0 Å². The van der Waals surface area contributed by atoms with E-state index in [1.807, 2.05) is 6.08 Å². The van der Waals surface area contributed by atoms with Gasteiger partial charge in [0.15, 0.2) is 0 Å². The van der Waals surface area contributed by atoms with E-state index in [1.54, 1.807) is 0 Å². The van der Waals surface area contributed by atoms with Crippen LogP contribution in [0.15, 0.2) is 126 Å². The smallest absolute Gasteiger partial charge is 0.115 e. The van der Waals surface area contributed by atoms with E-state index in [1.165, 1.54) is 22.3 Å². The normalized spacial score (nSPS) is 18.2. The maximum atomic E-state index is 11.9. The highest BCUT2D eigenvalue weighted by Crippen LogP contribution is 2.39. The second-order valence-electron chi connectivity index (χ2n) is 14.3. The molecule has 5 heterocycles. The van der Waals surface area contributed by atoms with Gasteiger partial charge in [-0.25, -0.2) is 0 Å². The Balaban J connectivity index is 1.49. The van der Waals surface area contributed by atoms with Crippen LogP contribution in [0, 0.1) is 33.1 Å². The van der Waals surface area contributed by atoms with Crippen molar-refractivity contribution in [2.45, 2.75) is 47.6 Å². The third-order valence-corrected chi connectivity index (χ3v) is 10.00. The molecule has 5 N–H and O–H groups in total. The van der Waals surface area contributed by atoms with Crippen molar-refractivity contribution < 1.29 is 5.11 Å². The maximum absolute atomic E-state index is 11.9. The van der Waals surface area contributed by atoms with Crippen molar-refractivity contribution >= 4 is 22.8 Å². The predicted molar refractivity (Wildman–Crippen MR) is 200 cm³/mol. The van der Waals surface area contributed by atoms with Gasteiger partial charge in [-0.1, -0.05) is 91.7 Å². The van der Waals surface area contributed by atoms with E-state index in [4.69, 9.17) is 0 Å². The molecule has 5 heteroatoms. The molecule has 3 aliphatic rings. The fourth-order valence-corrected chi connectivity index (χ4v) is 7.71. The molecule has 0 spiro atoms. The Morgan fingerprint density at radius 3 is 2.02 bits per heavy atom. The molecular formula is C44H42N4O. The molecule has 1 atom stereocenters. The van der Waals surface area contributed by atoms with Crippen LogP contribution >= 0.6 is 0 Å². The lowest BCUT2D eigenvalue weighted by Gasteiger charge is -2.19. The standard InChI is InChI=1S/C44H42N4O/c1-25-12-14-30(15-13-25)41-33-17-16-31(45-33)22-38-44(5,6)24-36(47-38)40(29-10-8-7-9-11-29)32-18-19-34(46-32)42(35-23-37(49)43(41)48-35)39-27(3)20-26(2)21-28(39)4/h7-24,37,45-49H,1-6H3. The molecule has 5 nitrogen and oxygen atoms in total. The molecule has 0 aliphatic carbocycles. The van der Waals surface area contributed by atoms with Gasteiger partial charge in [0.1, 0.15) is 6.10 Å². The average Bonchev–Trinajstić information content (AvgIpc) is 3.85. The molecular weight excluding hydrogens is 601 g/mol. The van der Waals surface area contributed by atoms with Gasteiger partial charge < -0.3 is 25.7 Å². The Kier molecular flexibility index (Phi) is 7.27. The van der Waals surface area contributed by atoms with Gasteiger partial charge in [0.2, 0.25) is 0 Å². The van der Waals surface area contributed by atoms with E-state index in [2.05, 4.69) is 165 Å². The number of H-pyrrole nitrogens is 2. The first-order valence-corrected chi connectivity index (χ1v) is 17.0. The van der Waals surface area contributed by atoms with Gasteiger partial charge in [-0.05, 0) is 98.0 Å². The lowest BCUT2D eigenvalue weighted by molar-refractivity contribution is 0.261. The number of aromatic amines is 2. The lowest BCUT2D eigenvalue weighted by Crippen LogP contribution is -2.23. The number of fused-ring (bicyclic) bond motifs is 8. The lowest BCUT2D eigenvalue weighted by atomic mass is 9.90. The molecule has 2 aromatic heterocycles. The van der Waals surface area contributed by atoms with Crippen LogP contribution in [-0.4, -0.2) is 21.2 Å². The van der Waals surface area contributed by atoms with Gasteiger partial charge >= 0.3 is 0 Å². The van der Waals surface area contributed by atoms with Crippen LogP contribution in [0.1, 0.15) is 64.2 Å². The second kappa shape index (κ2) is 11.6. The summed E-state index contributed by atoms with van der Waals surface area (Å²) in [5.41, 5.74) is 16.6. The third kappa shape index (κ3) is 5.41. The molecule has 0 fully saturated rings. The molecule has 8 bridgehead atoms. The molecule has 0 amide bonds. The first-order chi connectivity index (χ1) is 23.6. The van der Waals surface area contributed by atoms with E-state index >= 15 is 0 Å². The summed E-state index contributed by atoms with van der Waals surface area (Å²) in [4.78, 5) is 7.56. The highest BCUT2D eigenvalue weighted by atomic mass is 16.3. The Labute approximate surface area is 287 Å². The molecule has 3 aliphatic heterocycles. The van der Waals surface area contributed by atoms with Crippen LogP contribution in [-0.2, 0) is 0 Å². The number of allylic oxidation sites excluding steroid dienone is 3. The highest BCUT2D eigenvalue weighted by molar-refractivity contribution is 5.88. The van der Waals surface area contributed by atoms with E-state index < -0.39 is 6.10 Å². The quantitative estimate of drug-likeness (QED) is 0.145. The van der Waals surface area contributed by atoms with Crippen molar-refractivity contribution in [3.05, 3.63) is 187 Å². The molecule has 244 valence electrons. The van der Waals surface area contributed by atoms with Crippen molar-refractivity contribution in [3.8, 4) is 0 Å². The third-order valence-electron chi connectivity index (χ3n) is 10.00. The van der Waals surface area contributed by atoms with E-state index in [-0.39, 0.29) is 5.41 Å². The van der Waals surface area contributed by atoms with Gasteiger partial charge in [0.05, 0.1) is 5.70 Å². The summed E-state index contributed by atoms with van der Waals surface area (Å²) in [6.45, 7) is 13.1. The van der Waals surface area contributed by atoms with Crippen LogP contribution in [0.2, 0.25) is 0 Å². The molecule has 1 unspecified atom stereocenters. The summed E-state index contributed by atoms with van der Waals surface area (Å²) in [5.74, 6) is 0. The van der Waals surface area contributed by atoms with Gasteiger partial charge in [-0.15, -0.1) is 0 Å². The number of nitrogens with one attached hydrogen (secondary N) is 4. The summed E-state index contributed by atoms with van der Waals surface area (Å²) < 4.78 is 0. The zero-order chi connectivity index (χ0) is 34.0. The number of aromatic nitrogens is 2. The zero-order valence-corrected chi connectivity index (χ0v) is 28.9. The minimum absolute atomic E-state index is 0.239. The molecule has 0 radical (unpaired) electrons. The maximum Gasteiger partial charge on any atom is 0.115 e. The summed E-state index contributed by atoms with van der Waals surface area (Å²) in [7, 11) is 0. The molecule has 0 saturated heterocycles. The molecule has 0 saturated carbocycles. The van der Waals surface area contributed by atoms with Crippen LogP contribution < -0.4 is 21.3 Å². The van der Waals surface area contributed by atoms with Crippen molar-refractivity contribution in [2.24, 2.45) is 5.41 Å². The minimum Gasteiger partial charge on any atom is -0.383 e. The van der Waals surface area contributed by atoms with Crippen LogP contribution in [0.4, 0.5) is 0 Å². The first-order valence-electron chi connectivity index (χ1n) is 17.0. The Morgan fingerprint density at radius 2 is 1.31 bits per heavy atom. The monoisotopic (exact) mass is 642 g/mol.